The van der Waals surface area contributed by atoms with Gasteiger partial charge in [-0.15, -0.1) is 11.8 Å². The van der Waals surface area contributed by atoms with Crippen molar-refractivity contribution in [1.29, 1.82) is 0 Å². The zero-order valence-corrected chi connectivity index (χ0v) is 11.4. The third-order valence-corrected chi connectivity index (χ3v) is 3.85. The maximum absolute atomic E-state index is 11.5. The lowest BCUT2D eigenvalue weighted by atomic mass is 10.3. The standard InChI is InChI=1S/C12H18O5S/c1-4-10(13)15-6-5-11(14)17-12-7-16-8(2)9(3)18-12/h4,8-9,12H,1,5-7H2,2-3H3. The van der Waals surface area contributed by atoms with Crippen molar-refractivity contribution in [3.05, 3.63) is 12.7 Å². The van der Waals surface area contributed by atoms with Crippen LogP contribution in [0.1, 0.15) is 20.3 Å². The third-order valence-electron chi connectivity index (χ3n) is 2.50. The Morgan fingerprint density at radius 2 is 2.22 bits per heavy atom. The first-order valence-electron chi connectivity index (χ1n) is 5.78. The topological polar surface area (TPSA) is 61.8 Å². The largest absolute Gasteiger partial charge is 0.462 e. The highest BCUT2D eigenvalue weighted by atomic mass is 32.2. The van der Waals surface area contributed by atoms with Crippen LogP contribution in [-0.2, 0) is 23.8 Å². The molecule has 0 bridgehead atoms. The molecule has 1 aliphatic rings. The van der Waals surface area contributed by atoms with Crippen LogP contribution in [0.3, 0.4) is 0 Å². The van der Waals surface area contributed by atoms with Gasteiger partial charge in [0.1, 0.15) is 6.61 Å². The highest BCUT2D eigenvalue weighted by Crippen LogP contribution is 2.28. The molecule has 6 heteroatoms. The lowest BCUT2D eigenvalue weighted by molar-refractivity contribution is -0.151. The maximum Gasteiger partial charge on any atom is 0.330 e. The van der Waals surface area contributed by atoms with E-state index in [-0.39, 0.29) is 29.8 Å². The van der Waals surface area contributed by atoms with Gasteiger partial charge < -0.3 is 14.2 Å². The summed E-state index contributed by atoms with van der Waals surface area (Å²) in [6, 6.07) is 0. The van der Waals surface area contributed by atoms with E-state index in [1.807, 2.05) is 13.8 Å². The first kappa shape index (κ1) is 15.0. The van der Waals surface area contributed by atoms with Gasteiger partial charge in [-0.05, 0) is 6.92 Å². The van der Waals surface area contributed by atoms with Gasteiger partial charge in [0.25, 0.3) is 0 Å². The Bertz CT molecular complexity index is 318. The molecule has 0 aromatic rings. The summed E-state index contributed by atoms with van der Waals surface area (Å²) in [6.07, 6.45) is 1.26. The SMILES string of the molecule is C=CC(=O)OCCC(=O)OC1COC(C)C(C)S1. The van der Waals surface area contributed by atoms with Crippen LogP contribution in [0.4, 0.5) is 0 Å². The number of hydrogen-bond acceptors (Lipinski definition) is 6. The van der Waals surface area contributed by atoms with Crippen LogP contribution in [0, 0.1) is 0 Å². The van der Waals surface area contributed by atoms with Crippen LogP contribution in [-0.4, -0.2) is 41.9 Å². The number of carbonyl (C=O) groups is 2. The van der Waals surface area contributed by atoms with E-state index in [9.17, 15) is 9.59 Å². The van der Waals surface area contributed by atoms with Gasteiger partial charge >= 0.3 is 11.9 Å². The smallest absolute Gasteiger partial charge is 0.330 e. The van der Waals surface area contributed by atoms with E-state index in [1.165, 1.54) is 0 Å². The third kappa shape index (κ3) is 5.10. The quantitative estimate of drug-likeness (QED) is 0.559. The fraction of sp³-hybridized carbons (Fsp3) is 0.667. The van der Waals surface area contributed by atoms with E-state index in [2.05, 4.69) is 6.58 Å². The van der Waals surface area contributed by atoms with Crippen LogP contribution in [0.2, 0.25) is 0 Å². The molecular formula is C12H18O5S. The lowest BCUT2D eigenvalue weighted by Crippen LogP contribution is -2.35. The Balaban J connectivity index is 2.20. The summed E-state index contributed by atoms with van der Waals surface area (Å²) in [5, 5.41) is 0.287. The van der Waals surface area contributed by atoms with Gasteiger partial charge in [-0.1, -0.05) is 13.5 Å². The first-order chi connectivity index (χ1) is 8.52. The molecule has 1 saturated heterocycles. The van der Waals surface area contributed by atoms with Crippen LogP contribution >= 0.6 is 11.8 Å². The van der Waals surface area contributed by atoms with Crippen molar-refractivity contribution in [2.45, 2.75) is 37.1 Å². The van der Waals surface area contributed by atoms with Crippen LogP contribution < -0.4 is 0 Å². The Labute approximate surface area is 111 Å². The van der Waals surface area contributed by atoms with E-state index in [0.717, 1.165) is 6.08 Å². The van der Waals surface area contributed by atoms with Crippen molar-refractivity contribution < 1.29 is 23.8 Å². The summed E-state index contributed by atoms with van der Waals surface area (Å²) in [5.74, 6) is -0.935. The second-order valence-corrected chi connectivity index (χ2v) is 5.46. The fourth-order valence-electron chi connectivity index (χ4n) is 1.32. The Kier molecular flexibility index (Phi) is 6.21. The first-order valence-corrected chi connectivity index (χ1v) is 6.73. The van der Waals surface area contributed by atoms with E-state index in [0.29, 0.717) is 6.61 Å². The van der Waals surface area contributed by atoms with Crippen molar-refractivity contribution in [3.63, 3.8) is 0 Å². The minimum atomic E-state index is -0.541. The number of thioether (sulfide) groups is 1. The Hall–Kier alpha value is -1.01. The summed E-state index contributed by atoms with van der Waals surface area (Å²) in [5.41, 5.74) is -0.279. The average Bonchev–Trinajstić information content (AvgIpc) is 2.33. The molecule has 18 heavy (non-hydrogen) atoms. The summed E-state index contributed by atoms with van der Waals surface area (Å²) in [4.78, 5) is 22.2. The molecule has 1 aliphatic heterocycles. The van der Waals surface area contributed by atoms with Gasteiger partial charge in [-0.3, -0.25) is 4.79 Å². The number of carbonyl (C=O) groups excluding carboxylic acids is 2. The monoisotopic (exact) mass is 274 g/mol. The Morgan fingerprint density at radius 3 is 2.83 bits per heavy atom. The molecule has 0 aromatic heterocycles. The molecule has 1 heterocycles. The molecule has 0 spiro atoms. The van der Waals surface area contributed by atoms with Crippen molar-refractivity contribution in [2.24, 2.45) is 0 Å². The molecule has 0 radical (unpaired) electrons. The zero-order valence-electron chi connectivity index (χ0n) is 10.6. The molecule has 1 rings (SSSR count). The van der Waals surface area contributed by atoms with Gasteiger partial charge in [-0.2, -0.15) is 0 Å². The van der Waals surface area contributed by atoms with Crippen molar-refractivity contribution in [3.8, 4) is 0 Å². The van der Waals surface area contributed by atoms with Gasteiger partial charge in [0.2, 0.25) is 0 Å². The predicted octanol–water partition coefficient (Wildman–Crippen LogP) is 1.52. The van der Waals surface area contributed by atoms with Gasteiger partial charge in [-0.25, -0.2) is 4.79 Å². The predicted molar refractivity (Wildman–Crippen MR) is 68.1 cm³/mol. The highest BCUT2D eigenvalue weighted by molar-refractivity contribution is 8.00. The molecular weight excluding hydrogens is 256 g/mol. The Morgan fingerprint density at radius 1 is 1.50 bits per heavy atom. The van der Waals surface area contributed by atoms with E-state index >= 15 is 0 Å². The molecule has 3 atom stereocenters. The van der Waals surface area contributed by atoms with Crippen LogP contribution in [0.25, 0.3) is 0 Å². The molecule has 0 aliphatic carbocycles. The highest BCUT2D eigenvalue weighted by Gasteiger charge is 2.28. The van der Waals surface area contributed by atoms with Gasteiger partial charge in [0, 0.05) is 11.3 Å². The zero-order chi connectivity index (χ0) is 13.5. The van der Waals surface area contributed by atoms with Crippen molar-refractivity contribution >= 4 is 23.7 Å². The van der Waals surface area contributed by atoms with Gasteiger partial charge in [0.15, 0.2) is 5.44 Å². The number of hydrogen-bond donors (Lipinski definition) is 0. The molecule has 3 unspecified atom stereocenters. The molecule has 0 saturated carbocycles. The average molecular weight is 274 g/mol. The second kappa shape index (κ2) is 7.43. The normalized spacial score (nSPS) is 27.3. The molecule has 0 amide bonds. The summed E-state index contributed by atoms with van der Waals surface area (Å²) in [6.45, 7) is 7.68. The molecule has 1 fully saturated rings. The number of rotatable bonds is 5. The van der Waals surface area contributed by atoms with E-state index in [4.69, 9.17) is 14.2 Å². The van der Waals surface area contributed by atoms with Gasteiger partial charge in [0.05, 0.1) is 19.1 Å². The minimum Gasteiger partial charge on any atom is -0.462 e. The molecule has 5 nitrogen and oxygen atoms in total. The fourth-order valence-corrected chi connectivity index (χ4v) is 2.42. The van der Waals surface area contributed by atoms with Crippen LogP contribution in [0.5, 0.6) is 0 Å². The van der Waals surface area contributed by atoms with Crippen LogP contribution in [0.15, 0.2) is 12.7 Å². The molecule has 0 aromatic carbocycles. The second-order valence-electron chi connectivity index (χ2n) is 3.92. The van der Waals surface area contributed by atoms with Crippen molar-refractivity contribution in [2.75, 3.05) is 13.2 Å². The van der Waals surface area contributed by atoms with Crippen molar-refractivity contribution in [1.82, 2.24) is 0 Å². The summed E-state index contributed by atoms with van der Waals surface area (Å²) >= 11 is 1.58. The van der Waals surface area contributed by atoms with E-state index in [1.54, 1.807) is 11.8 Å². The maximum atomic E-state index is 11.5. The summed E-state index contributed by atoms with van der Waals surface area (Å²) in [7, 11) is 0. The molecule has 0 N–H and O–H groups in total. The summed E-state index contributed by atoms with van der Waals surface area (Å²) < 4.78 is 15.4. The number of ether oxygens (including phenoxy) is 3. The number of esters is 2. The van der Waals surface area contributed by atoms with E-state index < -0.39 is 11.9 Å². The lowest BCUT2D eigenvalue weighted by Gasteiger charge is -2.31. The minimum absolute atomic E-state index is 0.00782. The molecule has 102 valence electrons.